The highest BCUT2D eigenvalue weighted by atomic mass is 32.2. The van der Waals surface area contributed by atoms with Gasteiger partial charge in [-0.15, -0.1) is 0 Å². The van der Waals surface area contributed by atoms with E-state index in [0.29, 0.717) is 10.3 Å². The van der Waals surface area contributed by atoms with E-state index in [1.54, 1.807) is 0 Å². The number of nitrogens with one attached hydrogen (secondary N) is 1. The standard InChI is InChI=1S/C8H10N4S2/c1-5-6(2)14-8(11-5)12-7(13-3)10-4-9/h1-3H3,(H,10,11,12). The number of nitriles is 1. The number of hydrogen-bond donors (Lipinski definition) is 1. The van der Waals surface area contributed by atoms with Crippen molar-refractivity contribution in [3.8, 4) is 6.19 Å². The van der Waals surface area contributed by atoms with E-state index < -0.39 is 0 Å². The van der Waals surface area contributed by atoms with Crippen LogP contribution >= 0.6 is 23.1 Å². The minimum atomic E-state index is 0.571. The van der Waals surface area contributed by atoms with Crippen LogP contribution in [0.4, 0.5) is 5.13 Å². The minimum Gasteiger partial charge on any atom is -0.271 e. The van der Waals surface area contributed by atoms with Crippen molar-refractivity contribution < 1.29 is 0 Å². The summed E-state index contributed by atoms with van der Waals surface area (Å²) in [6.07, 6.45) is 3.69. The van der Waals surface area contributed by atoms with Gasteiger partial charge in [0.05, 0.1) is 5.69 Å². The SMILES string of the molecule is CS/C(=N/c1nc(C)c(C)s1)NC#N. The summed E-state index contributed by atoms with van der Waals surface area (Å²) in [4.78, 5) is 9.60. The topological polar surface area (TPSA) is 61.1 Å². The van der Waals surface area contributed by atoms with Gasteiger partial charge in [0.25, 0.3) is 0 Å². The quantitative estimate of drug-likeness (QED) is 0.345. The van der Waals surface area contributed by atoms with Crippen LogP contribution in [-0.2, 0) is 0 Å². The highest BCUT2D eigenvalue weighted by molar-refractivity contribution is 8.13. The minimum absolute atomic E-state index is 0.571. The Balaban J connectivity index is 2.90. The van der Waals surface area contributed by atoms with Gasteiger partial charge in [0.15, 0.2) is 11.4 Å². The van der Waals surface area contributed by atoms with Crippen molar-refractivity contribution in [2.45, 2.75) is 13.8 Å². The molecule has 1 N–H and O–H groups in total. The second kappa shape index (κ2) is 4.98. The third-order valence-electron chi connectivity index (χ3n) is 1.57. The van der Waals surface area contributed by atoms with Gasteiger partial charge in [0.2, 0.25) is 5.13 Å². The fourth-order valence-corrected chi connectivity index (χ4v) is 1.93. The van der Waals surface area contributed by atoms with Gasteiger partial charge in [-0.1, -0.05) is 23.1 Å². The van der Waals surface area contributed by atoms with Gasteiger partial charge in [-0.3, -0.25) is 5.32 Å². The number of aromatic nitrogens is 1. The van der Waals surface area contributed by atoms with Gasteiger partial charge < -0.3 is 0 Å². The molecule has 0 bridgehead atoms. The summed E-state index contributed by atoms with van der Waals surface area (Å²) in [6, 6.07) is 0. The van der Waals surface area contributed by atoms with Crippen molar-refractivity contribution >= 4 is 33.4 Å². The molecule has 4 nitrogen and oxygen atoms in total. The fourth-order valence-electron chi connectivity index (χ4n) is 0.763. The lowest BCUT2D eigenvalue weighted by Crippen LogP contribution is -2.12. The van der Waals surface area contributed by atoms with E-state index in [2.05, 4.69) is 15.3 Å². The van der Waals surface area contributed by atoms with Crippen LogP contribution in [0, 0.1) is 25.3 Å². The molecule has 6 heteroatoms. The second-order valence-electron chi connectivity index (χ2n) is 2.50. The van der Waals surface area contributed by atoms with E-state index in [1.807, 2.05) is 26.3 Å². The molecule has 0 saturated heterocycles. The first kappa shape index (κ1) is 11.0. The number of thioether (sulfide) groups is 1. The van der Waals surface area contributed by atoms with Gasteiger partial charge in [-0.05, 0) is 20.1 Å². The molecule has 0 aliphatic heterocycles. The maximum absolute atomic E-state index is 8.43. The van der Waals surface area contributed by atoms with Crippen LogP contribution in [0.25, 0.3) is 0 Å². The van der Waals surface area contributed by atoms with Crippen LogP contribution in [0.2, 0.25) is 0 Å². The number of aliphatic imine (C=N–C) groups is 1. The lowest BCUT2D eigenvalue weighted by molar-refractivity contribution is 1.20. The molecular weight excluding hydrogens is 216 g/mol. The summed E-state index contributed by atoms with van der Waals surface area (Å²) in [5.74, 6) is 0. The maximum Gasteiger partial charge on any atom is 0.212 e. The molecule has 1 aromatic heterocycles. The molecule has 1 aromatic rings. The third-order valence-corrected chi connectivity index (χ3v) is 3.12. The van der Waals surface area contributed by atoms with Crippen molar-refractivity contribution in [1.82, 2.24) is 10.3 Å². The van der Waals surface area contributed by atoms with Gasteiger partial charge in [-0.2, -0.15) is 10.3 Å². The van der Waals surface area contributed by atoms with Crippen LogP contribution in [-0.4, -0.2) is 16.4 Å². The number of aryl methyl sites for hydroxylation is 2. The van der Waals surface area contributed by atoms with Crippen LogP contribution in [0.1, 0.15) is 10.6 Å². The summed E-state index contributed by atoms with van der Waals surface area (Å²) < 4.78 is 0. The van der Waals surface area contributed by atoms with E-state index in [4.69, 9.17) is 5.26 Å². The summed E-state index contributed by atoms with van der Waals surface area (Å²) >= 11 is 2.91. The first-order valence-corrected chi connectivity index (χ1v) is 5.93. The first-order valence-electron chi connectivity index (χ1n) is 3.89. The third kappa shape index (κ3) is 2.72. The van der Waals surface area contributed by atoms with E-state index in [9.17, 15) is 0 Å². The highest BCUT2D eigenvalue weighted by Gasteiger charge is 2.03. The second-order valence-corrected chi connectivity index (χ2v) is 4.47. The molecule has 0 radical (unpaired) electrons. The lowest BCUT2D eigenvalue weighted by Gasteiger charge is -1.95. The zero-order chi connectivity index (χ0) is 10.6. The van der Waals surface area contributed by atoms with Crippen LogP contribution in [0.3, 0.4) is 0 Å². The molecule has 14 heavy (non-hydrogen) atoms. The summed E-state index contributed by atoms with van der Waals surface area (Å²) in [7, 11) is 0. The van der Waals surface area contributed by atoms with Crippen molar-refractivity contribution in [2.75, 3.05) is 6.26 Å². The Bertz CT molecular complexity index is 369. The van der Waals surface area contributed by atoms with Crippen LogP contribution in [0.5, 0.6) is 0 Å². The summed E-state index contributed by atoms with van der Waals surface area (Å²) in [6.45, 7) is 3.95. The molecule has 1 rings (SSSR count). The van der Waals surface area contributed by atoms with E-state index in [0.717, 1.165) is 10.6 Å². The van der Waals surface area contributed by atoms with Gasteiger partial charge in [0, 0.05) is 4.88 Å². The Kier molecular flexibility index (Phi) is 3.92. The Morgan fingerprint density at radius 3 is 2.79 bits per heavy atom. The van der Waals surface area contributed by atoms with Crippen LogP contribution < -0.4 is 5.32 Å². The Hall–Kier alpha value is -1.06. The molecule has 0 amide bonds. The van der Waals surface area contributed by atoms with Crippen molar-refractivity contribution in [3.05, 3.63) is 10.6 Å². The molecule has 0 aliphatic carbocycles. The van der Waals surface area contributed by atoms with Gasteiger partial charge in [-0.25, -0.2) is 4.98 Å². The zero-order valence-electron chi connectivity index (χ0n) is 8.16. The van der Waals surface area contributed by atoms with E-state index >= 15 is 0 Å². The Labute approximate surface area is 91.1 Å². The predicted octanol–water partition coefficient (Wildman–Crippen LogP) is 2.18. The number of rotatable bonds is 1. The van der Waals surface area contributed by atoms with Gasteiger partial charge >= 0.3 is 0 Å². The average molecular weight is 226 g/mol. The highest BCUT2D eigenvalue weighted by Crippen LogP contribution is 2.24. The molecule has 0 aliphatic rings. The summed E-state index contributed by atoms with van der Waals surface area (Å²) in [5.41, 5.74) is 0.992. The largest absolute Gasteiger partial charge is 0.271 e. The smallest absolute Gasteiger partial charge is 0.212 e. The van der Waals surface area contributed by atoms with Crippen LogP contribution in [0.15, 0.2) is 4.99 Å². The Morgan fingerprint density at radius 2 is 2.36 bits per heavy atom. The molecule has 0 aromatic carbocycles. The first-order chi connectivity index (χ1) is 6.67. The summed E-state index contributed by atoms with van der Waals surface area (Å²) in [5, 5.41) is 12.2. The number of amidine groups is 1. The molecular formula is C8H10N4S2. The number of thiazole rings is 1. The van der Waals surface area contributed by atoms with Crippen molar-refractivity contribution in [2.24, 2.45) is 4.99 Å². The number of nitrogens with zero attached hydrogens (tertiary/aromatic N) is 3. The molecule has 0 fully saturated rings. The Morgan fingerprint density at radius 1 is 1.64 bits per heavy atom. The zero-order valence-corrected chi connectivity index (χ0v) is 9.79. The maximum atomic E-state index is 8.43. The molecule has 0 unspecified atom stereocenters. The van der Waals surface area contributed by atoms with E-state index in [1.165, 1.54) is 23.1 Å². The van der Waals surface area contributed by atoms with Crippen molar-refractivity contribution in [3.63, 3.8) is 0 Å². The number of hydrogen-bond acceptors (Lipinski definition) is 5. The predicted molar refractivity (Wildman–Crippen MR) is 60.9 cm³/mol. The molecule has 74 valence electrons. The average Bonchev–Trinajstić information content (AvgIpc) is 2.45. The van der Waals surface area contributed by atoms with Crippen molar-refractivity contribution in [1.29, 1.82) is 5.26 Å². The van der Waals surface area contributed by atoms with E-state index in [-0.39, 0.29) is 0 Å². The normalized spacial score (nSPS) is 11.1. The monoisotopic (exact) mass is 226 g/mol. The fraction of sp³-hybridized carbons (Fsp3) is 0.375. The lowest BCUT2D eigenvalue weighted by atomic mass is 10.4. The van der Waals surface area contributed by atoms with Gasteiger partial charge in [0.1, 0.15) is 0 Å². The molecule has 1 heterocycles. The molecule has 0 saturated carbocycles. The molecule has 0 spiro atoms. The molecule has 0 atom stereocenters.